The summed E-state index contributed by atoms with van der Waals surface area (Å²) in [4.78, 5) is 56.4. The lowest BCUT2D eigenvalue weighted by atomic mass is 9.67. The molecule has 0 saturated heterocycles. The van der Waals surface area contributed by atoms with E-state index in [0.29, 0.717) is 28.0 Å². The molecule has 0 fully saturated rings. The predicted molar refractivity (Wildman–Crippen MR) is 105 cm³/mol. The van der Waals surface area contributed by atoms with E-state index in [1.54, 1.807) is 48.5 Å². The van der Waals surface area contributed by atoms with Gasteiger partial charge in [-0.15, -0.1) is 0 Å². The first-order valence-electron chi connectivity index (χ1n) is 8.97. The average Bonchev–Trinajstić information content (AvgIpc) is 3.15. The highest BCUT2D eigenvalue weighted by molar-refractivity contribution is 6.30. The van der Waals surface area contributed by atoms with Gasteiger partial charge in [0, 0.05) is 22.4 Å². The van der Waals surface area contributed by atoms with E-state index in [2.05, 4.69) is 20.6 Å². The van der Waals surface area contributed by atoms with Crippen LogP contribution in [-0.2, 0) is 10.2 Å². The fourth-order valence-electron chi connectivity index (χ4n) is 4.73. The van der Waals surface area contributed by atoms with Gasteiger partial charge in [-0.1, -0.05) is 42.5 Å². The number of hydrogen-bond donors (Lipinski definition) is 4. The maximum Gasteiger partial charge on any atom is 0.327 e. The second-order valence-corrected chi connectivity index (χ2v) is 7.16. The summed E-state index contributed by atoms with van der Waals surface area (Å²) >= 11 is 0. The molecular formula is C21H12N4O4. The number of hydrogen-bond acceptors (Lipinski definition) is 5. The Morgan fingerprint density at radius 2 is 1.48 bits per heavy atom. The van der Waals surface area contributed by atoms with Gasteiger partial charge in [-0.05, 0) is 11.6 Å². The van der Waals surface area contributed by atoms with Gasteiger partial charge >= 0.3 is 5.69 Å². The number of allylic oxidation sites excluding steroid dienone is 1. The average molecular weight is 384 g/mol. The summed E-state index contributed by atoms with van der Waals surface area (Å²) in [7, 11) is 0. The van der Waals surface area contributed by atoms with Gasteiger partial charge in [-0.2, -0.15) is 0 Å². The SMILES string of the molecule is O=C1C2=C(c3ccccc31)C1(C(=O)Nc3ccccc31)c1c([nH]c(=O)[nH]c1=O)N2. The number of aromatic amines is 2. The molecule has 8 nitrogen and oxygen atoms in total. The van der Waals surface area contributed by atoms with Gasteiger partial charge in [-0.3, -0.25) is 24.4 Å². The van der Waals surface area contributed by atoms with E-state index >= 15 is 0 Å². The van der Waals surface area contributed by atoms with Crippen LogP contribution in [0.3, 0.4) is 0 Å². The van der Waals surface area contributed by atoms with E-state index in [4.69, 9.17) is 0 Å². The van der Waals surface area contributed by atoms with Gasteiger partial charge in [0.05, 0.1) is 11.3 Å². The molecule has 1 amide bonds. The van der Waals surface area contributed by atoms with Crippen molar-refractivity contribution in [2.24, 2.45) is 0 Å². The number of aromatic nitrogens is 2. The molecule has 1 atom stereocenters. The minimum absolute atomic E-state index is 0.0468. The Labute approximate surface area is 162 Å². The molecule has 29 heavy (non-hydrogen) atoms. The second-order valence-electron chi connectivity index (χ2n) is 7.16. The third kappa shape index (κ3) is 1.69. The zero-order chi connectivity index (χ0) is 19.9. The number of rotatable bonds is 0. The minimum Gasteiger partial charge on any atom is -0.338 e. The van der Waals surface area contributed by atoms with Crippen LogP contribution in [0.15, 0.2) is 63.8 Å². The van der Waals surface area contributed by atoms with Crippen LogP contribution in [-0.4, -0.2) is 21.7 Å². The van der Waals surface area contributed by atoms with Crippen molar-refractivity contribution >= 4 is 28.8 Å². The topological polar surface area (TPSA) is 124 Å². The van der Waals surface area contributed by atoms with Crippen LogP contribution in [0.4, 0.5) is 11.5 Å². The highest BCUT2D eigenvalue weighted by atomic mass is 16.2. The van der Waals surface area contributed by atoms with E-state index in [-0.39, 0.29) is 22.9 Å². The molecule has 1 spiro atoms. The van der Waals surface area contributed by atoms with Crippen molar-refractivity contribution in [2.45, 2.75) is 5.41 Å². The molecule has 1 unspecified atom stereocenters. The summed E-state index contributed by atoms with van der Waals surface area (Å²) < 4.78 is 0. The number of carbonyl (C=O) groups excluding carboxylic acids is 2. The molecule has 8 heteroatoms. The summed E-state index contributed by atoms with van der Waals surface area (Å²) in [5.41, 5.74) is -0.174. The summed E-state index contributed by atoms with van der Waals surface area (Å²) in [6.45, 7) is 0. The molecule has 0 saturated carbocycles. The maximum atomic E-state index is 13.5. The molecule has 6 rings (SSSR count). The largest absolute Gasteiger partial charge is 0.338 e. The van der Waals surface area contributed by atoms with Gasteiger partial charge in [0.1, 0.15) is 11.2 Å². The van der Waals surface area contributed by atoms with Crippen molar-refractivity contribution in [1.82, 2.24) is 9.97 Å². The van der Waals surface area contributed by atoms with Crippen LogP contribution >= 0.6 is 0 Å². The van der Waals surface area contributed by atoms with E-state index in [1.807, 2.05) is 0 Å². The molecule has 1 aromatic heterocycles. The molecule has 2 aromatic carbocycles. The van der Waals surface area contributed by atoms with E-state index in [0.717, 1.165) is 0 Å². The molecular weight excluding hydrogens is 372 g/mol. The first kappa shape index (κ1) is 15.8. The Morgan fingerprint density at radius 3 is 2.31 bits per heavy atom. The Balaban J connectivity index is 1.85. The summed E-state index contributed by atoms with van der Waals surface area (Å²) in [5.74, 6) is -0.694. The first-order chi connectivity index (χ1) is 14.0. The van der Waals surface area contributed by atoms with Crippen LogP contribution < -0.4 is 21.9 Å². The Hall–Kier alpha value is -4.20. The van der Waals surface area contributed by atoms with E-state index < -0.39 is 22.6 Å². The van der Waals surface area contributed by atoms with Gasteiger partial charge in [0.2, 0.25) is 11.7 Å². The number of fused-ring (bicyclic) bond motifs is 7. The number of para-hydroxylation sites is 1. The van der Waals surface area contributed by atoms with Crippen LogP contribution in [0.25, 0.3) is 5.57 Å². The van der Waals surface area contributed by atoms with Crippen molar-refractivity contribution < 1.29 is 9.59 Å². The smallest absolute Gasteiger partial charge is 0.327 e. The molecule has 140 valence electrons. The number of anilines is 2. The molecule has 2 aliphatic heterocycles. The number of Topliss-reactive ketones (excluding diaryl/α,β-unsaturated/α-hetero) is 1. The van der Waals surface area contributed by atoms with Crippen molar-refractivity contribution in [3.8, 4) is 0 Å². The highest BCUT2D eigenvalue weighted by Gasteiger charge is 2.59. The fraction of sp³-hybridized carbons (Fsp3) is 0.0476. The first-order valence-corrected chi connectivity index (χ1v) is 8.97. The number of ketones is 1. The number of H-pyrrole nitrogens is 2. The fourth-order valence-corrected chi connectivity index (χ4v) is 4.73. The van der Waals surface area contributed by atoms with E-state index in [1.165, 1.54) is 0 Å². The predicted octanol–water partition coefficient (Wildman–Crippen LogP) is 1.33. The summed E-state index contributed by atoms with van der Waals surface area (Å²) in [6.07, 6.45) is 0. The molecule has 3 aliphatic rings. The van der Waals surface area contributed by atoms with Gasteiger partial charge < -0.3 is 10.6 Å². The number of amides is 1. The minimum atomic E-state index is -1.56. The Morgan fingerprint density at radius 1 is 0.759 bits per heavy atom. The summed E-state index contributed by atoms with van der Waals surface area (Å²) in [6, 6.07) is 14.0. The van der Waals surface area contributed by atoms with Crippen LogP contribution in [0.5, 0.6) is 0 Å². The quantitative estimate of drug-likeness (QED) is 0.466. The van der Waals surface area contributed by atoms with Crippen molar-refractivity contribution in [3.63, 3.8) is 0 Å². The van der Waals surface area contributed by atoms with Crippen LogP contribution in [0.1, 0.15) is 27.0 Å². The summed E-state index contributed by atoms with van der Waals surface area (Å²) in [5, 5.41) is 5.76. The Bertz CT molecular complexity index is 1450. The number of benzene rings is 2. The molecule has 4 N–H and O–H groups in total. The lowest BCUT2D eigenvalue weighted by Crippen LogP contribution is -2.47. The molecule has 1 aliphatic carbocycles. The highest BCUT2D eigenvalue weighted by Crippen LogP contribution is 2.57. The van der Waals surface area contributed by atoms with Crippen molar-refractivity contribution in [2.75, 3.05) is 10.6 Å². The van der Waals surface area contributed by atoms with Crippen molar-refractivity contribution in [3.05, 3.63) is 97.3 Å². The van der Waals surface area contributed by atoms with Crippen LogP contribution in [0, 0.1) is 0 Å². The normalized spacial score (nSPS) is 20.7. The third-order valence-corrected chi connectivity index (χ3v) is 5.78. The number of nitrogens with one attached hydrogen (secondary N) is 4. The van der Waals surface area contributed by atoms with E-state index in [9.17, 15) is 19.2 Å². The molecule has 0 radical (unpaired) electrons. The van der Waals surface area contributed by atoms with Gasteiger partial charge in [-0.25, -0.2) is 4.79 Å². The zero-order valence-electron chi connectivity index (χ0n) is 14.8. The monoisotopic (exact) mass is 384 g/mol. The maximum absolute atomic E-state index is 13.5. The molecule has 0 bridgehead atoms. The Kier molecular flexibility index (Phi) is 2.72. The van der Waals surface area contributed by atoms with Gasteiger partial charge in [0.15, 0.2) is 0 Å². The number of carbonyl (C=O) groups is 2. The zero-order valence-corrected chi connectivity index (χ0v) is 14.8. The lowest BCUT2D eigenvalue weighted by Gasteiger charge is -2.35. The second kappa shape index (κ2) is 4.99. The van der Waals surface area contributed by atoms with Gasteiger partial charge in [0.25, 0.3) is 5.56 Å². The lowest BCUT2D eigenvalue weighted by molar-refractivity contribution is -0.118. The standard InChI is InChI=1S/C21H12N4O4/c26-16-10-6-2-1-5-9(10)13-15(16)23-17-14(18(27)25-20(29)24-17)21(13)11-7-3-4-8-12(11)22-19(21)28/h1-8H,(H,22,28)(H3,23,24,25,27,29). The van der Waals surface area contributed by atoms with Crippen molar-refractivity contribution in [1.29, 1.82) is 0 Å². The molecule has 3 heterocycles. The van der Waals surface area contributed by atoms with Crippen LogP contribution in [0.2, 0.25) is 0 Å². The molecule has 3 aromatic rings. The third-order valence-electron chi connectivity index (χ3n) is 5.78.